The fraction of sp³-hybridized carbons (Fsp3) is 0.100. The Bertz CT molecular complexity index is 1050. The van der Waals surface area contributed by atoms with Crippen LogP contribution in [0.25, 0.3) is 22.8 Å². The lowest BCUT2D eigenvalue weighted by Gasteiger charge is -2.11. The highest BCUT2D eigenvalue weighted by molar-refractivity contribution is 7.12. The van der Waals surface area contributed by atoms with Gasteiger partial charge in [-0.1, -0.05) is 18.2 Å². The molecule has 0 aliphatic carbocycles. The summed E-state index contributed by atoms with van der Waals surface area (Å²) in [6, 6.07) is 14.9. The zero-order valence-corrected chi connectivity index (χ0v) is 15.1. The van der Waals surface area contributed by atoms with Crippen molar-refractivity contribution in [3.05, 3.63) is 70.7 Å². The number of rotatable bonds is 5. The molecule has 0 saturated heterocycles. The maximum Gasteiger partial charge on any atom is 0.223 e. The zero-order chi connectivity index (χ0) is 18.1. The molecule has 5 nitrogen and oxygen atoms in total. The first-order valence-corrected chi connectivity index (χ1v) is 8.91. The Morgan fingerprint density at radius 3 is 2.69 bits per heavy atom. The molecule has 1 aromatic carbocycles. The van der Waals surface area contributed by atoms with Gasteiger partial charge in [-0.25, -0.2) is 4.98 Å². The van der Waals surface area contributed by atoms with E-state index in [1.807, 2.05) is 53.4 Å². The van der Waals surface area contributed by atoms with Crippen LogP contribution in [0, 0.1) is 0 Å². The number of aromatic nitrogens is 2. The number of para-hydroxylation sites is 1. The molecule has 4 rings (SSSR count). The van der Waals surface area contributed by atoms with Gasteiger partial charge < -0.3 is 13.7 Å². The number of hydrogen-bond acceptors (Lipinski definition) is 5. The molecule has 0 unspecified atom stereocenters. The van der Waals surface area contributed by atoms with E-state index >= 15 is 0 Å². The van der Waals surface area contributed by atoms with E-state index in [0.717, 1.165) is 5.56 Å². The number of thiophene rings is 1. The predicted molar refractivity (Wildman–Crippen MR) is 101 cm³/mol. The van der Waals surface area contributed by atoms with Gasteiger partial charge >= 0.3 is 0 Å². The summed E-state index contributed by atoms with van der Waals surface area (Å²) in [5.41, 5.74) is 1.89. The van der Waals surface area contributed by atoms with Gasteiger partial charge in [0.15, 0.2) is 11.6 Å². The number of methoxy groups -OCH3 is 1. The molecule has 0 aliphatic heterocycles. The minimum absolute atomic E-state index is 0.116. The molecule has 3 aromatic heterocycles. The molecule has 6 heteroatoms. The van der Waals surface area contributed by atoms with Gasteiger partial charge in [-0.15, -0.1) is 11.3 Å². The monoisotopic (exact) mass is 364 g/mol. The molecule has 0 saturated carbocycles. The summed E-state index contributed by atoms with van der Waals surface area (Å²) >= 11 is 1.40. The van der Waals surface area contributed by atoms with E-state index in [4.69, 9.17) is 9.15 Å². The van der Waals surface area contributed by atoms with Crippen molar-refractivity contribution in [1.82, 2.24) is 9.55 Å². The van der Waals surface area contributed by atoms with Crippen LogP contribution in [0.15, 0.2) is 64.6 Å². The Morgan fingerprint density at radius 1 is 1.15 bits per heavy atom. The number of furan rings is 1. The van der Waals surface area contributed by atoms with Gasteiger partial charge in [0.1, 0.15) is 11.4 Å². The van der Waals surface area contributed by atoms with Crippen molar-refractivity contribution in [2.24, 2.45) is 7.05 Å². The molecule has 0 fully saturated rings. The van der Waals surface area contributed by atoms with E-state index in [2.05, 4.69) is 4.98 Å². The van der Waals surface area contributed by atoms with Gasteiger partial charge in [0.25, 0.3) is 0 Å². The van der Waals surface area contributed by atoms with Gasteiger partial charge in [-0.05, 0) is 35.7 Å². The fourth-order valence-electron chi connectivity index (χ4n) is 2.96. The molecular weight excluding hydrogens is 348 g/mol. The lowest BCUT2D eigenvalue weighted by molar-refractivity contribution is 0.103. The van der Waals surface area contributed by atoms with E-state index in [-0.39, 0.29) is 5.78 Å². The first-order valence-electron chi connectivity index (χ1n) is 8.03. The summed E-state index contributed by atoms with van der Waals surface area (Å²) in [6.07, 6.45) is 1.59. The van der Waals surface area contributed by atoms with Crippen LogP contribution in [0.3, 0.4) is 0 Å². The Labute approximate surface area is 154 Å². The molecule has 3 heterocycles. The second-order valence-corrected chi connectivity index (χ2v) is 6.62. The van der Waals surface area contributed by atoms with Crippen LogP contribution in [0.1, 0.15) is 15.4 Å². The topological polar surface area (TPSA) is 57.3 Å². The smallest absolute Gasteiger partial charge is 0.223 e. The van der Waals surface area contributed by atoms with Gasteiger partial charge in [0, 0.05) is 12.6 Å². The highest BCUT2D eigenvalue weighted by Crippen LogP contribution is 2.36. The van der Waals surface area contributed by atoms with Crippen LogP contribution in [0.5, 0.6) is 5.75 Å². The fourth-order valence-corrected chi connectivity index (χ4v) is 3.62. The largest absolute Gasteiger partial charge is 0.496 e. The SMILES string of the molecule is COc1ccccc1-c1c(C(=O)c2cccs2)nc(-c2ccco2)n1C. The van der Waals surface area contributed by atoms with Crippen molar-refractivity contribution in [3.8, 4) is 28.6 Å². The van der Waals surface area contributed by atoms with Crippen molar-refractivity contribution < 1.29 is 13.9 Å². The zero-order valence-electron chi connectivity index (χ0n) is 14.3. The van der Waals surface area contributed by atoms with Crippen molar-refractivity contribution in [3.63, 3.8) is 0 Å². The van der Waals surface area contributed by atoms with Gasteiger partial charge in [0.05, 0.1) is 23.9 Å². The Kier molecular flexibility index (Phi) is 4.18. The van der Waals surface area contributed by atoms with E-state index < -0.39 is 0 Å². The Morgan fingerprint density at radius 2 is 2.00 bits per heavy atom. The second kappa shape index (κ2) is 6.65. The summed E-state index contributed by atoms with van der Waals surface area (Å²) in [6.45, 7) is 0. The number of ether oxygens (including phenoxy) is 1. The average Bonchev–Trinajstić information content (AvgIpc) is 3.42. The summed E-state index contributed by atoms with van der Waals surface area (Å²) in [7, 11) is 3.49. The van der Waals surface area contributed by atoms with Crippen LogP contribution in [-0.2, 0) is 7.05 Å². The number of hydrogen-bond donors (Lipinski definition) is 0. The van der Waals surface area contributed by atoms with Crippen LogP contribution >= 0.6 is 11.3 Å². The van der Waals surface area contributed by atoms with E-state index in [1.54, 1.807) is 25.5 Å². The van der Waals surface area contributed by atoms with E-state index in [1.165, 1.54) is 11.3 Å². The highest BCUT2D eigenvalue weighted by atomic mass is 32.1. The molecule has 0 radical (unpaired) electrons. The van der Waals surface area contributed by atoms with Crippen LogP contribution in [0.4, 0.5) is 0 Å². The summed E-state index contributed by atoms with van der Waals surface area (Å²) in [5.74, 6) is 1.76. The van der Waals surface area contributed by atoms with Crippen LogP contribution in [0.2, 0.25) is 0 Å². The van der Waals surface area contributed by atoms with Crippen LogP contribution < -0.4 is 4.74 Å². The van der Waals surface area contributed by atoms with Gasteiger partial charge in [-0.3, -0.25) is 4.79 Å². The van der Waals surface area contributed by atoms with E-state index in [0.29, 0.717) is 33.6 Å². The number of ketones is 1. The molecule has 26 heavy (non-hydrogen) atoms. The quantitative estimate of drug-likeness (QED) is 0.484. The van der Waals surface area contributed by atoms with E-state index in [9.17, 15) is 4.79 Å². The summed E-state index contributed by atoms with van der Waals surface area (Å²) < 4.78 is 12.9. The molecule has 0 spiro atoms. The van der Waals surface area contributed by atoms with Gasteiger partial charge in [-0.2, -0.15) is 0 Å². The third-order valence-corrected chi connectivity index (χ3v) is 5.03. The standard InChI is InChI=1S/C20H16N2O3S/c1-22-18(13-7-3-4-8-14(13)24-2)17(19(23)16-10-6-12-26-16)21-20(22)15-9-5-11-25-15/h3-12H,1-2H3. The first kappa shape index (κ1) is 16.4. The van der Waals surface area contributed by atoms with Crippen LogP contribution in [-0.4, -0.2) is 22.4 Å². The number of carbonyl (C=O) groups is 1. The Hall–Kier alpha value is -3.12. The first-order chi connectivity index (χ1) is 12.7. The Balaban J connectivity index is 1.98. The lowest BCUT2D eigenvalue weighted by Crippen LogP contribution is -2.04. The normalized spacial score (nSPS) is 10.8. The average molecular weight is 364 g/mol. The number of carbonyl (C=O) groups excluding carboxylic acids is 1. The number of imidazole rings is 1. The maximum atomic E-state index is 13.1. The lowest BCUT2D eigenvalue weighted by atomic mass is 10.1. The predicted octanol–water partition coefficient (Wildman–Crippen LogP) is 4.65. The molecule has 0 aliphatic rings. The summed E-state index contributed by atoms with van der Waals surface area (Å²) in [4.78, 5) is 18.4. The highest BCUT2D eigenvalue weighted by Gasteiger charge is 2.26. The molecular formula is C20H16N2O3S. The number of benzene rings is 1. The molecule has 4 aromatic rings. The minimum Gasteiger partial charge on any atom is -0.496 e. The number of nitrogens with zero attached hydrogens (tertiary/aromatic N) is 2. The third kappa shape index (κ3) is 2.64. The maximum absolute atomic E-state index is 13.1. The summed E-state index contributed by atoms with van der Waals surface area (Å²) in [5, 5.41) is 1.88. The minimum atomic E-state index is -0.116. The second-order valence-electron chi connectivity index (χ2n) is 5.68. The third-order valence-electron chi connectivity index (χ3n) is 4.16. The van der Waals surface area contributed by atoms with Gasteiger partial charge in [0.2, 0.25) is 5.78 Å². The van der Waals surface area contributed by atoms with Crippen molar-refractivity contribution in [1.29, 1.82) is 0 Å². The molecule has 0 amide bonds. The molecule has 130 valence electrons. The van der Waals surface area contributed by atoms with Crippen molar-refractivity contribution in [2.45, 2.75) is 0 Å². The molecule has 0 N–H and O–H groups in total. The van der Waals surface area contributed by atoms with Crippen molar-refractivity contribution in [2.75, 3.05) is 7.11 Å². The molecule has 0 atom stereocenters. The van der Waals surface area contributed by atoms with Crippen molar-refractivity contribution >= 4 is 17.1 Å². The molecule has 0 bridgehead atoms.